The molecule has 27 heavy (non-hydrogen) atoms. The van der Waals surface area contributed by atoms with Crippen molar-refractivity contribution in [2.24, 2.45) is 0 Å². The molecule has 1 amide bonds. The summed E-state index contributed by atoms with van der Waals surface area (Å²) >= 11 is 1.53. The van der Waals surface area contributed by atoms with Crippen molar-refractivity contribution >= 4 is 17.2 Å². The zero-order valence-corrected chi connectivity index (χ0v) is 16.1. The number of aromatic nitrogens is 2. The van der Waals surface area contributed by atoms with Gasteiger partial charge in [-0.2, -0.15) is 0 Å². The van der Waals surface area contributed by atoms with E-state index in [0.29, 0.717) is 30.2 Å². The van der Waals surface area contributed by atoms with Gasteiger partial charge in [-0.15, -0.1) is 11.3 Å². The summed E-state index contributed by atoms with van der Waals surface area (Å²) in [6.07, 6.45) is 2.06. The maximum atomic E-state index is 13.1. The average Bonchev–Trinajstić information content (AvgIpc) is 3.38. The first-order chi connectivity index (χ1) is 13.2. The van der Waals surface area contributed by atoms with Gasteiger partial charge in [-0.25, -0.2) is 4.98 Å². The van der Waals surface area contributed by atoms with E-state index in [0.717, 1.165) is 17.9 Å². The van der Waals surface area contributed by atoms with Crippen LogP contribution >= 0.6 is 11.3 Å². The Bertz CT molecular complexity index is 936. The van der Waals surface area contributed by atoms with Crippen molar-refractivity contribution in [2.45, 2.75) is 26.1 Å². The van der Waals surface area contributed by atoms with Crippen LogP contribution in [0.3, 0.4) is 0 Å². The Labute approximate surface area is 162 Å². The molecular weight excluding hydrogens is 362 g/mol. The summed E-state index contributed by atoms with van der Waals surface area (Å²) in [6.45, 7) is 3.93. The van der Waals surface area contributed by atoms with Gasteiger partial charge in [-0.3, -0.25) is 4.79 Å². The molecule has 1 aliphatic heterocycles. The molecular formula is C20H21N3O3S. The summed E-state index contributed by atoms with van der Waals surface area (Å²) in [5, 5.41) is 1.94. The third-order valence-corrected chi connectivity index (χ3v) is 5.51. The Kier molecular flexibility index (Phi) is 4.85. The number of rotatable bonds is 5. The standard InChI is InChI=1S/C20H21N3O3S/c1-14-17-4-3-7-22(17)8-9-23(14)20(24)15-5-6-18(19(10-15)25-2)26-11-16-12-27-13-21-16/h3-7,10,12-14H,8-9,11H2,1-2H3/t14-/m0/s1. The first-order valence-electron chi connectivity index (χ1n) is 8.81. The van der Waals surface area contributed by atoms with Gasteiger partial charge in [0, 0.05) is 35.9 Å². The number of hydrogen-bond acceptors (Lipinski definition) is 5. The van der Waals surface area contributed by atoms with Crippen molar-refractivity contribution in [3.8, 4) is 11.5 Å². The Morgan fingerprint density at radius 1 is 1.30 bits per heavy atom. The molecule has 4 rings (SSSR count). The summed E-state index contributed by atoms with van der Waals surface area (Å²) in [7, 11) is 1.58. The van der Waals surface area contributed by atoms with Gasteiger partial charge in [-0.1, -0.05) is 0 Å². The molecule has 0 fully saturated rings. The number of carbonyl (C=O) groups is 1. The number of thiazole rings is 1. The molecule has 3 heterocycles. The zero-order valence-electron chi connectivity index (χ0n) is 15.3. The van der Waals surface area contributed by atoms with Crippen LogP contribution in [0.15, 0.2) is 47.4 Å². The van der Waals surface area contributed by atoms with Crippen LogP contribution in [0.5, 0.6) is 11.5 Å². The molecule has 0 N–H and O–H groups in total. The van der Waals surface area contributed by atoms with E-state index in [-0.39, 0.29) is 11.9 Å². The first kappa shape index (κ1) is 17.6. The predicted molar refractivity (Wildman–Crippen MR) is 103 cm³/mol. The minimum atomic E-state index is -0.000647. The fourth-order valence-electron chi connectivity index (χ4n) is 3.40. The number of methoxy groups -OCH3 is 1. The largest absolute Gasteiger partial charge is 0.493 e. The quantitative estimate of drug-likeness (QED) is 0.673. The van der Waals surface area contributed by atoms with Crippen LogP contribution in [0.1, 0.15) is 34.7 Å². The number of fused-ring (bicyclic) bond motifs is 1. The lowest BCUT2D eigenvalue weighted by atomic mass is 10.1. The smallest absolute Gasteiger partial charge is 0.254 e. The van der Waals surface area contributed by atoms with Crippen molar-refractivity contribution in [2.75, 3.05) is 13.7 Å². The highest BCUT2D eigenvalue weighted by molar-refractivity contribution is 7.07. The molecule has 0 saturated carbocycles. The normalized spacial score (nSPS) is 16.1. The van der Waals surface area contributed by atoms with E-state index in [1.807, 2.05) is 16.3 Å². The molecule has 6 nitrogen and oxygen atoms in total. The maximum absolute atomic E-state index is 13.1. The minimum Gasteiger partial charge on any atom is -0.493 e. The second-order valence-corrected chi connectivity index (χ2v) is 7.15. The topological polar surface area (TPSA) is 56.6 Å². The highest BCUT2D eigenvalue weighted by atomic mass is 32.1. The van der Waals surface area contributed by atoms with Crippen LogP contribution in [-0.4, -0.2) is 34.0 Å². The van der Waals surface area contributed by atoms with E-state index in [2.05, 4.69) is 28.7 Å². The minimum absolute atomic E-state index is 0.000647. The predicted octanol–water partition coefficient (Wildman–Crippen LogP) is 3.75. The maximum Gasteiger partial charge on any atom is 0.254 e. The average molecular weight is 383 g/mol. The Hall–Kier alpha value is -2.80. The lowest BCUT2D eigenvalue weighted by molar-refractivity contribution is 0.0643. The molecule has 0 spiro atoms. The van der Waals surface area contributed by atoms with Crippen LogP contribution in [0.2, 0.25) is 0 Å². The molecule has 3 aromatic rings. The van der Waals surface area contributed by atoms with Crippen LogP contribution in [0, 0.1) is 0 Å². The molecule has 140 valence electrons. The molecule has 0 unspecified atom stereocenters. The van der Waals surface area contributed by atoms with Crippen LogP contribution in [-0.2, 0) is 13.2 Å². The van der Waals surface area contributed by atoms with Crippen molar-refractivity contribution < 1.29 is 14.3 Å². The van der Waals surface area contributed by atoms with Crippen molar-refractivity contribution in [1.29, 1.82) is 0 Å². The molecule has 7 heteroatoms. The fourth-order valence-corrected chi connectivity index (χ4v) is 3.95. The van der Waals surface area contributed by atoms with E-state index in [9.17, 15) is 4.79 Å². The van der Waals surface area contributed by atoms with E-state index in [1.54, 1.807) is 30.8 Å². The molecule has 1 aliphatic rings. The van der Waals surface area contributed by atoms with Gasteiger partial charge >= 0.3 is 0 Å². The van der Waals surface area contributed by atoms with Gasteiger partial charge < -0.3 is 18.9 Å². The Morgan fingerprint density at radius 3 is 2.96 bits per heavy atom. The van der Waals surface area contributed by atoms with E-state index >= 15 is 0 Å². The SMILES string of the molecule is COc1cc(C(=O)N2CCn3cccc3[C@@H]2C)ccc1OCc1cscn1. The van der Waals surface area contributed by atoms with Gasteiger partial charge in [0.2, 0.25) is 0 Å². The Balaban J connectivity index is 1.52. The van der Waals surface area contributed by atoms with Crippen LogP contribution in [0.4, 0.5) is 0 Å². The number of nitrogens with zero attached hydrogens (tertiary/aromatic N) is 3. The van der Waals surface area contributed by atoms with Crippen LogP contribution in [0.25, 0.3) is 0 Å². The molecule has 1 aromatic carbocycles. The highest BCUT2D eigenvalue weighted by Crippen LogP contribution is 2.32. The van der Waals surface area contributed by atoms with E-state index in [4.69, 9.17) is 9.47 Å². The third-order valence-electron chi connectivity index (χ3n) is 4.87. The summed E-state index contributed by atoms with van der Waals surface area (Å²) in [5.41, 5.74) is 4.39. The number of amides is 1. The first-order valence-corrected chi connectivity index (χ1v) is 9.75. The lowest BCUT2D eigenvalue weighted by Crippen LogP contribution is -2.40. The zero-order chi connectivity index (χ0) is 18.8. The van der Waals surface area contributed by atoms with Crippen molar-refractivity contribution in [3.05, 3.63) is 64.4 Å². The molecule has 1 atom stereocenters. The molecule has 0 radical (unpaired) electrons. The van der Waals surface area contributed by atoms with Crippen molar-refractivity contribution in [3.63, 3.8) is 0 Å². The Morgan fingerprint density at radius 2 is 2.19 bits per heavy atom. The van der Waals surface area contributed by atoms with Gasteiger partial charge in [0.15, 0.2) is 11.5 Å². The highest BCUT2D eigenvalue weighted by Gasteiger charge is 2.28. The fraction of sp³-hybridized carbons (Fsp3) is 0.300. The number of carbonyl (C=O) groups excluding carboxylic acids is 1. The summed E-state index contributed by atoms with van der Waals surface area (Å²) in [4.78, 5) is 19.2. The van der Waals surface area contributed by atoms with E-state index in [1.165, 1.54) is 11.3 Å². The summed E-state index contributed by atoms with van der Waals surface area (Å²) < 4.78 is 13.4. The molecule has 0 saturated heterocycles. The van der Waals surface area contributed by atoms with Gasteiger partial charge in [-0.05, 0) is 37.3 Å². The van der Waals surface area contributed by atoms with E-state index < -0.39 is 0 Å². The second kappa shape index (κ2) is 7.44. The number of hydrogen-bond donors (Lipinski definition) is 0. The monoisotopic (exact) mass is 383 g/mol. The van der Waals surface area contributed by atoms with Crippen molar-refractivity contribution in [1.82, 2.24) is 14.5 Å². The molecule has 0 aliphatic carbocycles. The summed E-state index contributed by atoms with van der Waals surface area (Å²) in [6, 6.07) is 9.46. The summed E-state index contributed by atoms with van der Waals surface area (Å²) in [5.74, 6) is 1.14. The molecule has 0 bridgehead atoms. The van der Waals surface area contributed by atoms with Crippen LogP contribution < -0.4 is 9.47 Å². The van der Waals surface area contributed by atoms with Gasteiger partial charge in [0.1, 0.15) is 6.61 Å². The number of ether oxygens (including phenoxy) is 2. The number of benzene rings is 1. The third kappa shape index (κ3) is 3.42. The molecule has 2 aromatic heterocycles. The second-order valence-electron chi connectivity index (χ2n) is 6.44. The van der Waals surface area contributed by atoms with Gasteiger partial charge in [0.25, 0.3) is 5.91 Å². The van der Waals surface area contributed by atoms with Gasteiger partial charge in [0.05, 0.1) is 24.4 Å². The lowest BCUT2D eigenvalue weighted by Gasteiger charge is -2.35.